The molecule has 0 spiro atoms. The number of hydrogen-bond acceptors (Lipinski definition) is 2. The highest BCUT2D eigenvalue weighted by molar-refractivity contribution is 5.54. The molecule has 0 bridgehead atoms. The Balaban J connectivity index is 3.02. The summed E-state index contributed by atoms with van der Waals surface area (Å²) in [5, 5.41) is 11.8. The number of rotatable bonds is 4. The van der Waals surface area contributed by atoms with Crippen molar-refractivity contribution in [1.82, 2.24) is 0 Å². The van der Waals surface area contributed by atoms with Crippen LogP contribution in [-0.2, 0) is 6.18 Å². The molecule has 1 aromatic carbocycles. The van der Waals surface area contributed by atoms with Crippen LogP contribution in [0.4, 0.5) is 18.9 Å². The van der Waals surface area contributed by atoms with E-state index in [1.165, 1.54) is 12.1 Å². The van der Waals surface area contributed by atoms with Crippen molar-refractivity contribution in [2.45, 2.75) is 32.0 Å². The van der Waals surface area contributed by atoms with Gasteiger partial charge in [-0.2, -0.15) is 18.4 Å². The second-order valence-corrected chi connectivity index (χ2v) is 4.03. The topological polar surface area (TPSA) is 35.8 Å². The Labute approximate surface area is 110 Å². The van der Waals surface area contributed by atoms with Gasteiger partial charge in [-0.25, -0.2) is 0 Å². The molecule has 0 radical (unpaired) electrons. The summed E-state index contributed by atoms with van der Waals surface area (Å²) in [6, 6.07) is 4.96. The molecule has 0 fully saturated rings. The fraction of sp³-hybridized carbons (Fsp3) is 0.357. The van der Waals surface area contributed by atoms with Crippen molar-refractivity contribution in [2.24, 2.45) is 0 Å². The minimum Gasteiger partial charge on any atom is -0.381 e. The second-order valence-electron chi connectivity index (χ2n) is 4.03. The summed E-state index contributed by atoms with van der Waals surface area (Å²) >= 11 is 0. The van der Waals surface area contributed by atoms with Crippen molar-refractivity contribution >= 4 is 5.69 Å². The van der Waals surface area contributed by atoms with E-state index in [0.29, 0.717) is 12.1 Å². The number of benzene rings is 1. The number of halogens is 3. The van der Waals surface area contributed by atoms with Crippen molar-refractivity contribution in [3.05, 3.63) is 29.3 Å². The van der Waals surface area contributed by atoms with Crippen LogP contribution in [0.2, 0.25) is 0 Å². The van der Waals surface area contributed by atoms with Crippen LogP contribution in [0.5, 0.6) is 0 Å². The average Bonchev–Trinajstić information content (AvgIpc) is 2.36. The third-order valence-electron chi connectivity index (χ3n) is 2.67. The maximum absolute atomic E-state index is 12.6. The minimum absolute atomic E-state index is 0.0201. The second kappa shape index (κ2) is 6.15. The normalized spacial score (nSPS) is 12.3. The number of nitriles is 1. The molecule has 1 aromatic rings. The average molecular weight is 266 g/mol. The maximum atomic E-state index is 12.6. The van der Waals surface area contributed by atoms with Crippen molar-refractivity contribution in [3.8, 4) is 18.4 Å². The molecule has 19 heavy (non-hydrogen) atoms. The first kappa shape index (κ1) is 14.9. The summed E-state index contributed by atoms with van der Waals surface area (Å²) < 4.78 is 37.9. The van der Waals surface area contributed by atoms with Crippen LogP contribution >= 0.6 is 0 Å². The third-order valence-corrected chi connectivity index (χ3v) is 2.67. The lowest BCUT2D eigenvalue weighted by Gasteiger charge is -2.17. The Hall–Kier alpha value is -2.14. The molecule has 0 heterocycles. The first-order valence-corrected chi connectivity index (χ1v) is 5.73. The van der Waals surface area contributed by atoms with Crippen LogP contribution in [0.15, 0.2) is 18.2 Å². The fourth-order valence-corrected chi connectivity index (χ4v) is 1.65. The van der Waals surface area contributed by atoms with Crippen molar-refractivity contribution in [2.75, 3.05) is 5.32 Å². The molecule has 0 aromatic heterocycles. The molecule has 0 saturated carbocycles. The van der Waals surface area contributed by atoms with Gasteiger partial charge in [0.05, 0.1) is 17.2 Å². The summed E-state index contributed by atoms with van der Waals surface area (Å²) in [4.78, 5) is 0. The first-order chi connectivity index (χ1) is 8.92. The molecular weight excluding hydrogens is 253 g/mol. The van der Waals surface area contributed by atoms with Crippen LogP contribution < -0.4 is 5.32 Å². The van der Waals surface area contributed by atoms with Gasteiger partial charge in [0.15, 0.2) is 0 Å². The summed E-state index contributed by atoms with van der Waals surface area (Å²) in [5.41, 5.74) is -0.856. The van der Waals surface area contributed by atoms with Crippen molar-refractivity contribution in [3.63, 3.8) is 0 Å². The van der Waals surface area contributed by atoms with Gasteiger partial charge in [-0.05, 0) is 24.6 Å². The zero-order chi connectivity index (χ0) is 14.5. The van der Waals surface area contributed by atoms with E-state index in [-0.39, 0.29) is 6.04 Å². The van der Waals surface area contributed by atoms with Crippen molar-refractivity contribution in [1.29, 1.82) is 5.26 Å². The van der Waals surface area contributed by atoms with Crippen LogP contribution in [0.1, 0.15) is 30.9 Å². The highest BCUT2D eigenvalue weighted by Gasteiger charge is 2.33. The maximum Gasteiger partial charge on any atom is 0.417 e. The van der Waals surface area contributed by atoms with E-state index in [9.17, 15) is 13.2 Å². The lowest BCUT2D eigenvalue weighted by molar-refractivity contribution is -0.137. The Kier molecular flexibility index (Phi) is 4.83. The van der Waals surface area contributed by atoms with E-state index in [1.54, 1.807) is 6.07 Å². The molecule has 1 unspecified atom stereocenters. The van der Waals surface area contributed by atoms with Crippen LogP contribution in [-0.4, -0.2) is 6.04 Å². The van der Waals surface area contributed by atoms with Gasteiger partial charge in [-0.3, -0.25) is 0 Å². The van der Waals surface area contributed by atoms with Crippen LogP contribution in [0, 0.1) is 23.7 Å². The number of terminal acetylenes is 1. The molecular formula is C14H13F3N2. The molecule has 1 N–H and O–H groups in total. The molecule has 0 aliphatic heterocycles. The highest BCUT2D eigenvalue weighted by Crippen LogP contribution is 2.33. The lowest BCUT2D eigenvalue weighted by atomic mass is 10.1. The number of anilines is 1. The summed E-state index contributed by atoms with van der Waals surface area (Å²) in [5.74, 6) is 2.50. The van der Waals surface area contributed by atoms with Gasteiger partial charge in [-0.1, -0.05) is 6.92 Å². The Morgan fingerprint density at radius 3 is 2.58 bits per heavy atom. The van der Waals surface area contributed by atoms with Gasteiger partial charge in [0.25, 0.3) is 0 Å². The van der Waals surface area contributed by atoms with E-state index in [2.05, 4.69) is 11.2 Å². The van der Waals surface area contributed by atoms with Crippen LogP contribution in [0.3, 0.4) is 0 Å². The Morgan fingerprint density at radius 1 is 1.42 bits per heavy atom. The molecule has 100 valence electrons. The van der Waals surface area contributed by atoms with Crippen molar-refractivity contribution < 1.29 is 13.2 Å². The number of hydrogen-bond donors (Lipinski definition) is 1. The van der Waals surface area contributed by atoms with Gasteiger partial charge < -0.3 is 5.32 Å². The minimum atomic E-state index is -4.52. The standard InChI is InChI=1S/C14H13F3N2/c1-3-5-11(4-2)19-12-6-7-13(14(15,16)17)10(8-12)9-18/h1,6-8,11,19H,4-5H2,2H3. The molecule has 1 rings (SSSR count). The quantitative estimate of drug-likeness (QED) is 0.841. The van der Waals surface area contributed by atoms with E-state index < -0.39 is 17.3 Å². The van der Waals surface area contributed by atoms with Gasteiger partial charge in [0.1, 0.15) is 0 Å². The predicted molar refractivity (Wildman–Crippen MR) is 67.3 cm³/mol. The Bertz CT molecular complexity index is 521. The molecule has 0 aliphatic carbocycles. The number of nitrogens with one attached hydrogen (secondary N) is 1. The summed E-state index contributed by atoms with van der Waals surface area (Å²) in [6.45, 7) is 1.92. The fourth-order valence-electron chi connectivity index (χ4n) is 1.65. The Morgan fingerprint density at radius 2 is 2.11 bits per heavy atom. The van der Waals surface area contributed by atoms with Crippen LogP contribution in [0.25, 0.3) is 0 Å². The SMILES string of the molecule is C#CCC(CC)Nc1ccc(C(F)(F)F)c(C#N)c1. The lowest BCUT2D eigenvalue weighted by Crippen LogP contribution is -2.18. The molecule has 0 amide bonds. The molecule has 2 nitrogen and oxygen atoms in total. The van der Waals surface area contributed by atoms with E-state index >= 15 is 0 Å². The van der Waals surface area contributed by atoms with Gasteiger partial charge >= 0.3 is 6.18 Å². The number of nitrogens with zero attached hydrogens (tertiary/aromatic N) is 1. The highest BCUT2D eigenvalue weighted by atomic mass is 19.4. The zero-order valence-corrected chi connectivity index (χ0v) is 10.4. The molecule has 0 aliphatic rings. The van der Waals surface area contributed by atoms with E-state index in [1.807, 2.05) is 6.92 Å². The third kappa shape index (κ3) is 3.93. The summed E-state index contributed by atoms with van der Waals surface area (Å²) in [6.07, 6.45) is 1.90. The van der Waals surface area contributed by atoms with Gasteiger partial charge in [-0.15, -0.1) is 12.3 Å². The summed E-state index contributed by atoms with van der Waals surface area (Å²) in [7, 11) is 0. The first-order valence-electron chi connectivity index (χ1n) is 5.73. The molecule has 1 atom stereocenters. The molecule has 5 heteroatoms. The largest absolute Gasteiger partial charge is 0.417 e. The zero-order valence-electron chi connectivity index (χ0n) is 10.4. The van der Waals surface area contributed by atoms with E-state index in [0.717, 1.165) is 12.5 Å². The van der Waals surface area contributed by atoms with Gasteiger partial charge in [0.2, 0.25) is 0 Å². The predicted octanol–water partition coefficient (Wildman–Crippen LogP) is 3.79. The molecule has 0 saturated heterocycles. The smallest absolute Gasteiger partial charge is 0.381 e. The monoisotopic (exact) mass is 266 g/mol. The number of alkyl halides is 3. The van der Waals surface area contributed by atoms with E-state index in [4.69, 9.17) is 11.7 Å². The van der Waals surface area contributed by atoms with Gasteiger partial charge in [0, 0.05) is 18.2 Å².